The lowest BCUT2D eigenvalue weighted by Gasteiger charge is -1.87. The van der Waals surface area contributed by atoms with E-state index in [4.69, 9.17) is 10.3 Å². The van der Waals surface area contributed by atoms with Crippen molar-refractivity contribution in [2.24, 2.45) is 0 Å². The third kappa shape index (κ3) is 0.797. The van der Waals surface area contributed by atoms with Gasteiger partial charge in [-0.3, -0.25) is 4.79 Å². The lowest BCUT2D eigenvalue weighted by Crippen LogP contribution is -1.96. The first-order valence-electron chi connectivity index (χ1n) is 3.14. The second-order valence-corrected chi connectivity index (χ2v) is 2.29. The van der Waals surface area contributed by atoms with E-state index in [9.17, 15) is 4.79 Å². The minimum Gasteiger partial charge on any atom is -0.399 e. The van der Waals surface area contributed by atoms with Crippen LogP contribution in [0.3, 0.4) is 0 Å². The van der Waals surface area contributed by atoms with Gasteiger partial charge in [0.25, 0.3) is 5.56 Å². The number of nitrogens with one attached hydrogen (secondary N) is 1. The minimum atomic E-state index is -0.222. The SMILES string of the molecule is Nc1ccc2c(=O)[nH]oc2c1. The Morgan fingerprint density at radius 3 is 3.09 bits per heavy atom. The normalized spacial score (nSPS) is 10.5. The van der Waals surface area contributed by atoms with Gasteiger partial charge in [0.1, 0.15) is 0 Å². The second-order valence-electron chi connectivity index (χ2n) is 2.29. The Kier molecular flexibility index (Phi) is 1.03. The van der Waals surface area contributed by atoms with Crippen LogP contribution in [0.15, 0.2) is 27.5 Å². The Hall–Kier alpha value is -1.71. The molecule has 0 aliphatic rings. The first kappa shape index (κ1) is 6.03. The highest BCUT2D eigenvalue weighted by Gasteiger charge is 2.01. The summed E-state index contributed by atoms with van der Waals surface area (Å²) in [5.74, 6) is 0. The molecule has 2 rings (SSSR count). The van der Waals surface area contributed by atoms with E-state index in [1.54, 1.807) is 18.2 Å². The second kappa shape index (κ2) is 1.88. The molecule has 1 heterocycles. The predicted octanol–water partition coefficient (Wildman–Crippen LogP) is 0.703. The molecule has 0 saturated heterocycles. The van der Waals surface area contributed by atoms with E-state index < -0.39 is 0 Å². The predicted molar refractivity (Wildman–Crippen MR) is 41.2 cm³/mol. The highest BCUT2D eigenvalue weighted by molar-refractivity contribution is 5.78. The molecule has 56 valence electrons. The van der Waals surface area contributed by atoms with Crippen molar-refractivity contribution < 1.29 is 4.52 Å². The summed E-state index contributed by atoms with van der Waals surface area (Å²) in [6.45, 7) is 0. The average Bonchev–Trinajstić information content (AvgIpc) is 2.32. The zero-order valence-electron chi connectivity index (χ0n) is 5.63. The van der Waals surface area contributed by atoms with Crippen molar-refractivity contribution in [1.29, 1.82) is 0 Å². The van der Waals surface area contributed by atoms with Crippen LogP contribution in [0.5, 0.6) is 0 Å². The van der Waals surface area contributed by atoms with E-state index in [-0.39, 0.29) is 5.56 Å². The summed E-state index contributed by atoms with van der Waals surface area (Å²) in [5, 5.41) is 2.74. The minimum absolute atomic E-state index is 0.222. The third-order valence-electron chi connectivity index (χ3n) is 1.50. The summed E-state index contributed by atoms with van der Waals surface area (Å²) in [6, 6.07) is 4.90. The molecular weight excluding hydrogens is 144 g/mol. The molecule has 11 heavy (non-hydrogen) atoms. The number of hydrogen-bond acceptors (Lipinski definition) is 3. The summed E-state index contributed by atoms with van der Waals surface area (Å²) >= 11 is 0. The van der Waals surface area contributed by atoms with Gasteiger partial charge in [0.05, 0.1) is 5.39 Å². The van der Waals surface area contributed by atoms with Crippen LogP contribution in [0, 0.1) is 0 Å². The molecule has 4 nitrogen and oxygen atoms in total. The summed E-state index contributed by atoms with van der Waals surface area (Å²) in [4.78, 5) is 10.9. The van der Waals surface area contributed by atoms with Gasteiger partial charge >= 0.3 is 0 Å². The molecule has 0 aliphatic heterocycles. The van der Waals surface area contributed by atoms with Gasteiger partial charge < -0.3 is 10.3 Å². The van der Waals surface area contributed by atoms with Crippen LogP contribution >= 0.6 is 0 Å². The van der Waals surface area contributed by atoms with Crippen LogP contribution in [0.4, 0.5) is 5.69 Å². The summed E-state index contributed by atoms with van der Waals surface area (Å²) in [7, 11) is 0. The number of aromatic amines is 1. The molecule has 0 fully saturated rings. The van der Waals surface area contributed by atoms with Crippen LogP contribution in [0.25, 0.3) is 11.0 Å². The van der Waals surface area contributed by atoms with E-state index in [0.717, 1.165) is 0 Å². The maximum atomic E-state index is 10.9. The van der Waals surface area contributed by atoms with Gasteiger partial charge in [-0.15, -0.1) is 0 Å². The number of rotatable bonds is 0. The summed E-state index contributed by atoms with van der Waals surface area (Å²) < 4.78 is 4.81. The van der Waals surface area contributed by atoms with Crippen LogP contribution in [-0.4, -0.2) is 5.16 Å². The molecule has 4 heteroatoms. The van der Waals surface area contributed by atoms with Crippen molar-refractivity contribution in [2.45, 2.75) is 0 Å². The number of nitrogens with two attached hydrogens (primary N) is 1. The van der Waals surface area contributed by atoms with Gasteiger partial charge in [-0.1, -0.05) is 0 Å². The van der Waals surface area contributed by atoms with E-state index in [2.05, 4.69) is 5.16 Å². The fourth-order valence-electron chi connectivity index (χ4n) is 0.967. The molecule has 0 aliphatic carbocycles. The molecule has 0 atom stereocenters. The first-order chi connectivity index (χ1) is 5.27. The van der Waals surface area contributed by atoms with Crippen molar-refractivity contribution in [2.75, 3.05) is 5.73 Å². The monoisotopic (exact) mass is 150 g/mol. The zero-order valence-corrected chi connectivity index (χ0v) is 5.63. The largest absolute Gasteiger partial charge is 0.399 e. The van der Waals surface area contributed by atoms with Crippen LogP contribution in [0.2, 0.25) is 0 Å². The van der Waals surface area contributed by atoms with Gasteiger partial charge in [-0.2, -0.15) is 5.16 Å². The molecule has 2 aromatic rings. The Balaban J connectivity index is 2.97. The van der Waals surface area contributed by atoms with E-state index in [1.807, 2.05) is 0 Å². The van der Waals surface area contributed by atoms with Crippen LogP contribution in [0.1, 0.15) is 0 Å². The number of anilines is 1. The Morgan fingerprint density at radius 1 is 1.45 bits per heavy atom. The molecule has 0 radical (unpaired) electrons. The zero-order chi connectivity index (χ0) is 7.84. The van der Waals surface area contributed by atoms with Gasteiger partial charge in [0.15, 0.2) is 5.58 Å². The standard InChI is InChI=1S/C7H6N2O2/c8-4-1-2-5-6(3-4)11-9-7(5)10/h1-3H,8H2,(H,9,10). The van der Waals surface area contributed by atoms with Crippen LogP contribution < -0.4 is 11.3 Å². The highest BCUT2D eigenvalue weighted by Crippen LogP contribution is 2.12. The Labute approximate surface area is 61.6 Å². The summed E-state index contributed by atoms with van der Waals surface area (Å²) in [5.41, 5.74) is 6.31. The third-order valence-corrected chi connectivity index (χ3v) is 1.50. The van der Waals surface area contributed by atoms with Gasteiger partial charge in [-0.05, 0) is 12.1 Å². The fourth-order valence-corrected chi connectivity index (χ4v) is 0.967. The summed E-state index contributed by atoms with van der Waals surface area (Å²) in [6.07, 6.45) is 0. The van der Waals surface area contributed by atoms with Crippen molar-refractivity contribution in [3.8, 4) is 0 Å². The Morgan fingerprint density at radius 2 is 2.27 bits per heavy atom. The first-order valence-corrected chi connectivity index (χ1v) is 3.14. The number of fused-ring (bicyclic) bond motifs is 1. The van der Waals surface area contributed by atoms with Crippen molar-refractivity contribution in [1.82, 2.24) is 5.16 Å². The number of nitrogen functional groups attached to an aromatic ring is 1. The number of aromatic nitrogens is 1. The van der Waals surface area contributed by atoms with Crippen LogP contribution in [-0.2, 0) is 0 Å². The molecule has 0 saturated carbocycles. The molecule has 3 N–H and O–H groups in total. The number of hydrogen-bond donors (Lipinski definition) is 2. The highest BCUT2D eigenvalue weighted by atomic mass is 16.5. The van der Waals surface area contributed by atoms with E-state index in [1.165, 1.54) is 0 Å². The van der Waals surface area contributed by atoms with Gasteiger partial charge in [0, 0.05) is 11.8 Å². The molecule has 0 amide bonds. The lowest BCUT2D eigenvalue weighted by molar-refractivity contribution is 0.449. The van der Waals surface area contributed by atoms with Gasteiger partial charge in [0.2, 0.25) is 0 Å². The average molecular weight is 150 g/mol. The van der Waals surface area contributed by atoms with Gasteiger partial charge in [-0.25, -0.2) is 0 Å². The molecular formula is C7H6N2O2. The number of benzene rings is 1. The van der Waals surface area contributed by atoms with E-state index in [0.29, 0.717) is 16.7 Å². The Bertz CT molecular complexity index is 441. The maximum absolute atomic E-state index is 10.9. The van der Waals surface area contributed by atoms with Crippen molar-refractivity contribution in [3.63, 3.8) is 0 Å². The lowest BCUT2D eigenvalue weighted by atomic mass is 10.2. The van der Waals surface area contributed by atoms with Crippen molar-refractivity contribution in [3.05, 3.63) is 28.6 Å². The molecule has 1 aromatic heterocycles. The van der Waals surface area contributed by atoms with E-state index >= 15 is 0 Å². The molecule has 1 aromatic carbocycles. The molecule has 0 spiro atoms. The smallest absolute Gasteiger partial charge is 0.287 e. The fraction of sp³-hybridized carbons (Fsp3) is 0. The van der Waals surface area contributed by atoms with Crippen molar-refractivity contribution >= 4 is 16.7 Å². The molecule has 0 bridgehead atoms. The maximum Gasteiger partial charge on any atom is 0.287 e. The number of H-pyrrole nitrogens is 1. The topological polar surface area (TPSA) is 72.0 Å². The quantitative estimate of drug-likeness (QED) is 0.543. The molecule has 0 unspecified atom stereocenters.